The van der Waals surface area contributed by atoms with Crippen LogP contribution in [0.5, 0.6) is 0 Å². The van der Waals surface area contributed by atoms with Gasteiger partial charge >= 0.3 is 5.97 Å². The lowest BCUT2D eigenvalue weighted by molar-refractivity contribution is -0.150. The van der Waals surface area contributed by atoms with Crippen LogP contribution < -0.4 is 5.32 Å². The van der Waals surface area contributed by atoms with E-state index < -0.39 is 12.0 Å². The van der Waals surface area contributed by atoms with Gasteiger partial charge in [-0.15, -0.1) is 5.10 Å². The lowest BCUT2D eigenvalue weighted by Gasteiger charge is -2.22. The predicted molar refractivity (Wildman–Crippen MR) is 88.5 cm³/mol. The Kier molecular flexibility index (Phi) is 5.37. The number of hydrogen-bond donors (Lipinski definition) is 1. The summed E-state index contributed by atoms with van der Waals surface area (Å²) in [5, 5.41) is 14.2. The molecule has 1 saturated carbocycles. The number of tetrazole rings is 1. The standard InChI is InChI=1S/C17H21N5O3/c1-12(23)18-16(13-7-5-6-8-13)17(24)25-11-15-19-20-21-22(15)14-9-3-2-4-10-14/h2-4,9-10,13,16H,5-8,11H2,1H3,(H,18,23). The number of para-hydroxylation sites is 1. The average Bonchev–Trinajstić information content (AvgIpc) is 3.29. The Morgan fingerprint density at radius 2 is 2.00 bits per heavy atom. The molecular weight excluding hydrogens is 322 g/mol. The predicted octanol–water partition coefficient (Wildman–Crippen LogP) is 1.40. The van der Waals surface area contributed by atoms with Crippen LogP contribution >= 0.6 is 0 Å². The van der Waals surface area contributed by atoms with Crippen molar-refractivity contribution in [3.05, 3.63) is 36.2 Å². The number of aromatic nitrogens is 4. The fourth-order valence-corrected chi connectivity index (χ4v) is 3.17. The minimum Gasteiger partial charge on any atom is -0.456 e. The summed E-state index contributed by atoms with van der Waals surface area (Å²) in [5.41, 5.74) is 0.785. The normalized spacial score (nSPS) is 15.7. The Hall–Kier alpha value is -2.77. The number of rotatable bonds is 6. The van der Waals surface area contributed by atoms with Crippen molar-refractivity contribution in [3.8, 4) is 5.69 Å². The second-order valence-corrected chi connectivity index (χ2v) is 6.17. The second-order valence-electron chi connectivity index (χ2n) is 6.17. The molecule has 1 amide bonds. The fourth-order valence-electron chi connectivity index (χ4n) is 3.17. The van der Waals surface area contributed by atoms with E-state index in [1.807, 2.05) is 30.3 Å². The minimum absolute atomic E-state index is 0.0521. The molecule has 1 aliphatic rings. The molecule has 8 heteroatoms. The minimum atomic E-state index is -0.610. The number of amides is 1. The third-order valence-corrected chi connectivity index (χ3v) is 4.36. The van der Waals surface area contributed by atoms with Gasteiger partial charge < -0.3 is 10.1 Å². The molecule has 0 saturated heterocycles. The molecule has 1 atom stereocenters. The highest BCUT2D eigenvalue weighted by Gasteiger charge is 2.32. The Balaban J connectivity index is 1.67. The van der Waals surface area contributed by atoms with Crippen LogP contribution in [0, 0.1) is 5.92 Å². The van der Waals surface area contributed by atoms with E-state index >= 15 is 0 Å². The van der Waals surface area contributed by atoms with Crippen molar-refractivity contribution in [1.82, 2.24) is 25.5 Å². The van der Waals surface area contributed by atoms with E-state index in [9.17, 15) is 9.59 Å². The molecule has 3 rings (SSSR count). The van der Waals surface area contributed by atoms with Gasteiger partial charge in [-0.2, -0.15) is 4.68 Å². The first-order chi connectivity index (χ1) is 12.1. The summed E-state index contributed by atoms with van der Waals surface area (Å²) < 4.78 is 6.93. The van der Waals surface area contributed by atoms with Crippen molar-refractivity contribution in [3.63, 3.8) is 0 Å². The smallest absolute Gasteiger partial charge is 0.329 e. The zero-order chi connectivity index (χ0) is 17.6. The van der Waals surface area contributed by atoms with Gasteiger partial charge in [0.2, 0.25) is 5.91 Å². The molecule has 1 fully saturated rings. The molecule has 0 radical (unpaired) electrons. The number of carbonyl (C=O) groups excluding carboxylic acids is 2. The molecule has 0 bridgehead atoms. The van der Waals surface area contributed by atoms with Gasteiger partial charge in [-0.3, -0.25) is 4.79 Å². The maximum atomic E-state index is 12.5. The molecule has 1 N–H and O–H groups in total. The Bertz CT molecular complexity index is 725. The van der Waals surface area contributed by atoms with Crippen molar-refractivity contribution in [2.45, 2.75) is 45.3 Å². The molecule has 1 unspecified atom stereocenters. The van der Waals surface area contributed by atoms with Crippen molar-refractivity contribution < 1.29 is 14.3 Å². The van der Waals surface area contributed by atoms with Crippen LogP contribution in [0.4, 0.5) is 0 Å². The average molecular weight is 343 g/mol. The SMILES string of the molecule is CC(=O)NC(C(=O)OCc1nnnn1-c1ccccc1)C1CCCC1. The number of benzene rings is 1. The number of nitrogens with zero attached hydrogens (tertiary/aromatic N) is 4. The van der Waals surface area contributed by atoms with Gasteiger partial charge in [-0.1, -0.05) is 31.0 Å². The van der Waals surface area contributed by atoms with Gasteiger partial charge in [0.15, 0.2) is 12.4 Å². The summed E-state index contributed by atoms with van der Waals surface area (Å²) in [6.07, 6.45) is 3.98. The van der Waals surface area contributed by atoms with Crippen LogP contribution in [-0.4, -0.2) is 38.1 Å². The molecular formula is C17H21N5O3. The van der Waals surface area contributed by atoms with Crippen LogP contribution in [0.25, 0.3) is 5.69 Å². The summed E-state index contributed by atoms with van der Waals surface area (Å²) >= 11 is 0. The highest BCUT2D eigenvalue weighted by Crippen LogP contribution is 2.28. The monoisotopic (exact) mass is 343 g/mol. The van der Waals surface area contributed by atoms with Crippen molar-refractivity contribution in [2.75, 3.05) is 0 Å². The molecule has 132 valence electrons. The quantitative estimate of drug-likeness (QED) is 0.796. The molecule has 0 aliphatic heterocycles. The molecule has 1 aromatic carbocycles. The van der Waals surface area contributed by atoms with Crippen LogP contribution in [0.2, 0.25) is 0 Å². The summed E-state index contributed by atoms with van der Waals surface area (Å²) in [6, 6.07) is 8.76. The number of nitrogens with one attached hydrogen (secondary N) is 1. The van der Waals surface area contributed by atoms with Crippen molar-refractivity contribution in [2.24, 2.45) is 5.92 Å². The lowest BCUT2D eigenvalue weighted by atomic mass is 9.98. The first-order valence-corrected chi connectivity index (χ1v) is 8.41. The number of esters is 1. The summed E-state index contributed by atoms with van der Waals surface area (Å²) in [6.45, 7) is 1.36. The van der Waals surface area contributed by atoms with Gasteiger partial charge in [0, 0.05) is 6.92 Å². The highest BCUT2D eigenvalue weighted by molar-refractivity contribution is 5.83. The van der Waals surface area contributed by atoms with Gasteiger partial charge in [0.25, 0.3) is 0 Å². The van der Waals surface area contributed by atoms with E-state index in [2.05, 4.69) is 20.8 Å². The van der Waals surface area contributed by atoms with Crippen LogP contribution in [-0.2, 0) is 20.9 Å². The van der Waals surface area contributed by atoms with Gasteiger partial charge in [0.05, 0.1) is 5.69 Å². The van der Waals surface area contributed by atoms with Crippen molar-refractivity contribution in [1.29, 1.82) is 0 Å². The Morgan fingerprint density at radius 1 is 1.28 bits per heavy atom. The van der Waals surface area contributed by atoms with Crippen molar-refractivity contribution >= 4 is 11.9 Å². The topological polar surface area (TPSA) is 99.0 Å². The molecule has 1 aromatic heterocycles. The molecule has 1 heterocycles. The van der Waals surface area contributed by atoms with E-state index in [0.717, 1.165) is 31.4 Å². The largest absolute Gasteiger partial charge is 0.456 e. The second kappa shape index (κ2) is 7.87. The van der Waals surface area contributed by atoms with Crippen LogP contribution in [0.15, 0.2) is 30.3 Å². The number of ether oxygens (including phenoxy) is 1. The maximum Gasteiger partial charge on any atom is 0.329 e. The molecule has 2 aromatic rings. The third kappa shape index (κ3) is 4.20. The van der Waals surface area contributed by atoms with E-state index in [0.29, 0.717) is 5.82 Å². The summed E-state index contributed by atoms with van der Waals surface area (Å²) in [7, 11) is 0. The first kappa shape index (κ1) is 17.1. The highest BCUT2D eigenvalue weighted by atomic mass is 16.5. The third-order valence-electron chi connectivity index (χ3n) is 4.36. The van der Waals surface area contributed by atoms with E-state index in [1.54, 1.807) is 0 Å². The maximum absolute atomic E-state index is 12.5. The Morgan fingerprint density at radius 3 is 2.68 bits per heavy atom. The number of carbonyl (C=O) groups is 2. The van der Waals surface area contributed by atoms with Crippen LogP contribution in [0.3, 0.4) is 0 Å². The fraction of sp³-hybridized carbons (Fsp3) is 0.471. The van der Waals surface area contributed by atoms with E-state index in [-0.39, 0.29) is 18.4 Å². The molecule has 8 nitrogen and oxygen atoms in total. The van der Waals surface area contributed by atoms with Gasteiger partial charge in [0.1, 0.15) is 6.04 Å². The number of hydrogen-bond acceptors (Lipinski definition) is 6. The zero-order valence-corrected chi connectivity index (χ0v) is 14.1. The lowest BCUT2D eigenvalue weighted by Crippen LogP contribution is -2.45. The van der Waals surface area contributed by atoms with Gasteiger partial charge in [-0.05, 0) is 41.3 Å². The molecule has 25 heavy (non-hydrogen) atoms. The van der Waals surface area contributed by atoms with E-state index in [4.69, 9.17) is 4.74 Å². The zero-order valence-electron chi connectivity index (χ0n) is 14.1. The summed E-state index contributed by atoms with van der Waals surface area (Å²) in [4.78, 5) is 23.9. The first-order valence-electron chi connectivity index (χ1n) is 8.41. The Labute approximate surface area is 145 Å². The summed E-state index contributed by atoms with van der Waals surface area (Å²) in [5.74, 6) is -0.123. The molecule has 0 spiro atoms. The van der Waals surface area contributed by atoms with Gasteiger partial charge in [-0.25, -0.2) is 4.79 Å². The van der Waals surface area contributed by atoms with Crippen LogP contribution in [0.1, 0.15) is 38.4 Å². The molecule has 1 aliphatic carbocycles. The van der Waals surface area contributed by atoms with E-state index in [1.165, 1.54) is 11.6 Å².